The molecular weight excluding hydrogens is 236 g/mol. The maximum atomic E-state index is 5.51. The Morgan fingerprint density at radius 2 is 2.29 bits per heavy atom. The Bertz CT molecular complexity index is 325. The number of thiazole rings is 1. The van der Waals surface area contributed by atoms with Crippen LogP contribution in [-0.2, 0) is 11.3 Å². The van der Waals surface area contributed by atoms with Crippen molar-refractivity contribution in [2.45, 2.75) is 13.0 Å². The van der Waals surface area contributed by atoms with Gasteiger partial charge in [-0.2, -0.15) is 0 Å². The molecule has 1 fully saturated rings. The topological polar surface area (TPSA) is 63.4 Å². The van der Waals surface area contributed by atoms with Crippen LogP contribution in [0.1, 0.15) is 12.1 Å². The number of ether oxygens (including phenoxy) is 1. The van der Waals surface area contributed by atoms with Gasteiger partial charge in [0.15, 0.2) is 5.13 Å². The SMILES string of the molecule is NCc1csc(NCCCN2CCOCC2)n1. The van der Waals surface area contributed by atoms with E-state index in [1.165, 1.54) is 0 Å². The Morgan fingerprint density at radius 1 is 1.47 bits per heavy atom. The van der Waals surface area contributed by atoms with Crippen LogP contribution in [0, 0.1) is 0 Å². The van der Waals surface area contributed by atoms with E-state index in [-0.39, 0.29) is 0 Å². The number of morpholine rings is 1. The van der Waals surface area contributed by atoms with Crippen LogP contribution < -0.4 is 11.1 Å². The van der Waals surface area contributed by atoms with Crippen molar-refractivity contribution in [2.75, 3.05) is 44.7 Å². The van der Waals surface area contributed by atoms with Crippen LogP contribution in [0.25, 0.3) is 0 Å². The zero-order valence-corrected chi connectivity index (χ0v) is 10.8. The zero-order chi connectivity index (χ0) is 11.9. The molecule has 0 aromatic carbocycles. The van der Waals surface area contributed by atoms with E-state index in [0.717, 1.165) is 56.6 Å². The molecule has 2 heterocycles. The minimum atomic E-state index is 0.520. The minimum Gasteiger partial charge on any atom is -0.379 e. The van der Waals surface area contributed by atoms with E-state index in [9.17, 15) is 0 Å². The van der Waals surface area contributed by atoms with Crippen LogP contribution in [0.4, 0.5) is 5.13 Å². The van der Waals surface area contributed by atoms with E-state index < -0.39 is 0 Å². The molecule has 3 N–H and O–H groups in total. The molecule has 1 aromatic rings. The predicted molar refractivity (Wildman–Crippen MR) is 70.4 cm³/mol. The molecule has 0 saturated carbocycles. The Morgan fingerprint density at radius 3 is 3.00 bits per heavy atom. The number of hydrogen-bond donors (Lipinski definition) is 2. The monoisotopic (exact) mass is 256 g/mol. The Balaban J connectivity index is 1.59. The normalized spacial score (nSPS) is 17.2. The highest BCUT2D eigenvalue weighted by atomic mass is 32.1. The second-order valence-electron chi connectivity index (χ2n) is 4.08. The number of rotatable bonds is 6. The van der Waals surface area contributed by atoms with Crippen LogP contribution in [0.5, 0.6) is 0 Å². The van der Waals surface area contributed by atoms with Gasteiger partial charge in [0.2, 0.25) is 0 Å². The highest BCUT2D eigenvalue weighted by Gasteiger charge is 2.09. The third-order valence-corrected chi connectivity index (χ3v) is 3.64. The fourth-order valence-corrected chi connectivity index (χ4v) is 2.56. The van der Waals surface area contributed by atoms with Crippen molar-refractivity contribution in [3.63, 3.8) is 0 Å². The quantitative estimate of drug-likeness (QED) is 0.735. The summed E-state index contributed by atoms with van der Waals surface area (Å²) < 4.78 is 5.31. The van der Waals surface area contributed by atoms with E-state index in [1.807, 2.05) is 5.38 Å². The van der Waals surface area contributed by atoms with E-state index in [0.29, 0.717) is 6.54 Å². The van der Waals surface area contributed by atoms with Crippen molar-refractivity contribution in [3.8, 4) is 0 Å². The second kappa shape index (κ2) is 6.90. The van der Waals surface area contributed by atoms with Gasteiger partial charge in [-0.3, -0.25) is 4.90 Å². The molecule has 6 heteroatoms. The predicted octanol–water partition coefficient (Wildman–Crippen LogP) is 0.736. The van der Waals surface area contributed by atoms with Crippen molar-refractivity contribution in [3.05, 3.63) is 11.1 Å². The van der Waals surface area contributed by atoms with Crippen LogP contribution in [0.15, 0.2) is 5.38 Å². The van der Waals surface area contributed by atoms with Crippen molar-refractivity contribution >= 4 is 16.5 Å². The number of aromatic nitrogens is 1. The van der Waals surface area contributed by atoms with Crippen LogP contribution in [0.2, 0.25) is 0 Å². The average Bonchev–Trinajstić information content (AvgIpc) is 2.84. The fourth-order valence-electron chi connectivity index (χ4n) is 1.80. The van der Waals surface area contributed by atoms with E-state index in [1.54, 1.807) is 11.3 Å². The van der Waals surface area contributed by atoms with Gasteiger partial charge in [-0.15, -0.1) is 11.3 Å². The molecule has 1 aromatic heterocycles. The first-order valence-corrected chi connectivity index (χ1v) is 6.95. The lowest BCUT2D eigenvalue weighted by Crippen LogP contribution is -2.37. The van der Waals surface area contributed by atoms with Gasteiger partial charge in [-0.1, -0.05) is 0 Å². The summed E-state index contributed by atoms with van der Waals surface area (Å²) in [6, 6.07) is 0. The molecule has 17 heavy (non-hydrogen) atoms. The van der Waals surface area contributed by atoms with Gasteiger partial charge < -0.3 is 15.8 Å². The summed E-state index contributed by atoms with van der Waals surface area (Å²) in [5.74, 6) is 0. The number of anilines is 1. The molecule has 2 rings (SSSR count). The van der Waals surface area contributed by atoms with Gasteiger partial charge in [0.25, 0.3) is 0 Å². The Labute approximate surface area is 106 Å². The van der Waals surface area contributed by atoms with Crippen molar-refractivity contribution in [1.82, 2.24) is 9.88 Å². The smallest absolute Gasteiger partial charge is 0.182 e. The number of nitrogens with one attached hydrogen (secondary N) is 1. The van der Waals surface area contributed by atoms with Gasteiger partial charge in [-0.05, 0) is 13.0 Å². The highest BCUT2D eigenvalue weighted by molar-refractivity contribution is 7.13. The summed E-state index contributed by atoms with van der Waals surface area (Å²) in [6.07, 6.45) is 1.14. The van der Waals surface area contributed by atoms with Crippen LogP contribution >= 0.6 is 11.3 Å². The van der Waals surface area contributed by atoms with Gasteiger partial charge in [0.1, 0.15) is 0 Å². The standard InChI is InChI=1S/C11H20N4OS/c12-8-10-9-17-11(14-10)13-2-1-3-15-4-6-16-7-5-15/h9H,1-8,12H2,(H,13,14). The van der Waals surface area contributed by atoms with Crippen molar-refractivity contribution in [1.29, 1.82) is 0 Å². The lowest BCUT2D eigenvalue weighted by atomic mass is 10.3. The molecule has 1 aliphatic heterocycles. The van der Waals surface area contributed by atoms with Gasteiger partial charge in [-0.25, -0.2) is 4.98 Å². The number of hydrogen-bond acceptors (Lipinski definition) is 6. The molecule has 0 atom stereocenters. The summed E-state index contributed by atoms with van der Waals surface area (Å²) in [5.41, 5.74) is 6.48. The van der Waals surface area contributed by atoms with Crippen molar-refractivity contribution in [2.24, 2.45) is 5.73 Å². The molecule has 0 radical (unpaired) electrons. The molecule has 0 aliphatic carbocycles. The molecule has 5 nitrogen and oxygen atoms in total. The first-order valence-electron chi connectivity index (χ1n) is 6.07. The first kappa shape index (κ1) is 12.8. The molecule has 0 amide bonds. The fraction of sp³-hybridized carbons (Fsp3) is 0.727. The van der Waals surface area contributed by atoms with E-state index in [2.05, 4.69) is 15.2 Å². The maximum Gasteiger partial charge on any atom is 0.182 e. The molecule has 0 bridgehead atoms. The minimum absolute atomic E-state index is 0.520. The Hall–Kier alpha value is -0.690. The lowest BCUT2D eigenvalue weighted by molar-refractivity contribution is 0.0378. The number of nitrogens with zero attached hydrogens (tertiary/aromatic N) is 2. The zero-order valence-electron chi connectivity index (χ0n) is 10.0. The number of nitrogens with two attached hydrogens (primary N) is 1. The van der Waals surface area contributed by atoms with E-state index >= 15 is 0 Å². The second-order valence-corrected chi connectivity index (χ2v) is 4.94. The summed E-state index contributed by atoms with van der Waals surface area (Å²) >= 11 is 1.62. The molecule has 0 unspecified atom stereocenters. The summed E-state index contributed by atoms with van der Waals surface area (Å²) in [7, 11) is 0. The lowest BCUT2D eigenvalue weighted by Gasteiger charge is -2.26. The van der Waals surface area contributed by atoms with Gasteiger partial charge in [0.05, 0.1) is 18.9 Å². The van der Waals surface area contributed by atoms with Gasteiger partial charge >= 0.3 is 0 Å². The summed E-state index contributed by atoms with van der Waals surface area (Å²) in [4.78, 5) is 6.80. The molecule has 1 saturated heterocycles. The largest absolute Gasteiger partial charge is 0.379 e. The summed E-state index contributed by atoms with van der Waals surface area (Å²) in [6.45, 7) is 6.50. The van der Waals surface area contributed by atoms with Crippen molar-refractivity contribution < 1.29 is 4.74 Å². The maximum absolute atomic E-state index is 5.51. The average molecular weight is 256 g/mol. The third-order valence-electron chi connectivity index (χ3n) is 2.79. The highest BCUT2D eigenvalue weighted by Crippen LogP contribution is 2.14. The molecule has 1 aliphatic rings. The third kappa shape index (κ3) is 4.23. The molecule has 0 spiro atoms. The summed E-state index contributed by atoms with van der Waals surface area (Å²) in [5, 5.41) is 6.32. The Kier molecular flexibility index (Phi) is 5.18. The van der Waals surface area contributed by atoms with Gasteiger partial charge in [0, 0.05) is 31.6 Å². The molecular formula is C11H20N4OS. The first-order chi connectivity index (χ1) is 8.38. The van der Waals surface area contributed by atoms with E-state index in [4.69, 9.17) is 10.5 Å². The van der Waals surface area contributed by atoms with Crippen LogP contribution in [0.3, 0.4) is 0 Å². The molecule has 96 valence electrons. The van der Waals surface area contributed by atoms with Crippen LogP contribution in [-0.4, -0.2) is 49.3 Å².